The smallest absolute Gasteiger partial charge is 0.314 e. The number of carbonyl (C=O) groups is 2. The number of piperidine rings is 1. The fourth-order valence-electron chi connectivity index (χ4n) is 2.90. The first-order valence-corrected chi connectivity index (χ1v) is 8.36. The lowest BCUT2D eigenvalue weighted by molar-refractivity contribution is -0.140. The van der Waals surface area contributed by atoms with Gasteiger partial charge in [0.1, 0.15) is 11.6 Å². The fourth-order valence-corrected chi connectivity index (χ4v) is 2.90. The highest BCUT2D eigenvalue weighted by molar-refractivity contribution is 5.94. The minimum absolute atomic E-state index is 0.134. The second kappa shape index (κ2) is 7.47. The molecule has 1 aliphatic rings. The Morgan fingerprint density at radius 1 is 1.00 bits per heavy atom. The van der Waals surface area contributed by atoms with E-state index in [0.29, 0.717) is 37.2 Å². The van der Waals surface area contributed by atoms with Crippen molar-refractivity contribution in [2.75, 3.05) is 13.1 Å². The summed E-state index contributed by atoms with van der Waals surface area (Å²) in [6, 6.07) is 12.9. The van der Waals surface area contributed by atoms with Gasteiger partial charge in [0, 0.05) is 18.7 Å². The van der Waals surface area contributed by atoms with Crippen LogP contribution in [0.5, 0.6) is 5.75 Å². The van der Waals surface area contributed by atoms with E-state index in [1.54, 1.807) is 17.0 Å². The van der Waals surface area contributed by atoms with E-state index in [-0.39, 0.29) is 23.6 Å². The van der Waals surface area contributed by atoms with Crippen molar-refractivity contribution in [2.24, 2.45) is 5.92 Å². The van der Waals surface area contributed by atoms with Crippen LogP contribution < -0.4 is 4.74 Å². The van der Waals surface area contributed by atoms with Gasteiger partial charge in [-0.15, -0.1) is 0 Å². The van der Waals surface area contributed by atoms with Gasteiger partial charge in [-0.2, -0.15) is 0 Å². The summed E-state index contributed by atoms with van der Waals surface area (Å²) < 4.78 is 18.4. The molecule has 4 nitrogen and oxygen atoms in total. The number of esters is 1. The largest absolute Gasteiger partial charge is 0.426 e. The molecule has 130 valence electrons. The second-order valence-electron chi connectivity index (χ2n) is 6.31. The van der Waals surface area contributed by atoms with Gasteiger partial charge in [-0.1, -0.05) is 17.7 Å². The number of nitrogens with zero attached hydrogens (tertiary/aromatic N) is 1. The second-order valence-corrected chi connectivity index (χ2v) is 6.31. The highest BCUT2D eigenvalue weighted by atomic mass is 19.1. The van der Waals surface area contributed by atoms with E-state index >= 15 is 0 Å². The number of likely N-dealkylation sites (tertiary alicyclic amines) is 1. The molecule has 1 fully saturated rings. The first-order valence-electron chi connectivity index (χ1n) is 8.36. The topological polar surface area (TPSA) is 46.6 Å². The van der Waals surface area contributed by atoms with E-state index in [4.69, 9.17) is 4.74 Å². The van der Waals surface area contributed by atoms with Crippen molar-refractivity contribution in [1.82, 2.24) is 4.90 Å². The summed E-state index contributed by atoms with van der Waals surface area (Å²) in [5, 5.41) is 0. The van der Waals surface area contributed by atoms with Gasteiger partial charge in [0.15, 0.2) is 0 Å². The standard InChI is InChI=1S/C20H20FNO3/c1-14-2-8-18(9-3-14)25-20(24)16-10-12-22(13-11-16)19(23)15-4-6-17(21)7-5-15/h2-9,16H,10-13H2,1H3. The van der Waals surface area contributed by atoms with E-state index in [9.17, 15) is 14.0 Å². The molecule has 0 saturated carbocycles. The molecule has 5 heteroatoms. The maximum absolute atomic E-state index is 13.0. The monoisotopic (exact) mass is 341 g/mol. The minimum Gasteiger partial charge on any atom is -0.426 e. The first kappa shape index (κ1) is 17.1. The molecule has 1 heterocycles. The van der Waals surface area contributed by atoms with Crippen LogP contribution in [0.15, 0.2) is 48.5 Å². The van der Waals surface area contributed by atoms with Crippen LogP contribution in [0.1, 0.15) is 28.8 Å². The molecule has 0 aliphatic carbocycles. The third kappa shape index (κ3) is 4.24. The number of rotatable bonds is 3. The average molecular weight is 341 g/mol. The number of aryl methyl sites for hydroxylation is 1. The van der Waals surface area contributed by atoms with Crippen molar-refractivity contribution in [3.63, 3.8) is 0 Å². The number of ether oxygens (including phenoxy) is 1. The summed E-state index contributed by atoms with van der Waals surface area (Å²) in [5.41, 5.74) is 1.56. The zero-order valence-electron chi connectivity index (χ0n) is 14.1. The molecule has 0 N–H and O–H groups in total. The molecule has 0 aromatic heterocycles. The molecular weight excluding hydrogens is 321 g/mol. The Kier molecular flexibility index (Phi) is 5.12. The molecular formula is C20H20FNO3. The predicted molar refractivity (Wildman–Crippen MR) is 91.8 cm³/mol. The molecule has 0 spiro atoms. The number of hydrogen-bond acceptors (Lipinski definition) is 3. The van der Waals surface area contributed by atoms with Crippen molar-refractivity contribution in [3.05, 3.63) is 65.5 Å². The Balaban J connectivity index is 1.54. The molecule has 1 amide bonds. The van der Waals surface area contributed by atoms with Crippen molar-refractivity contribution in [2.45, 2.75) is 19.8 Å². The van der Waals surface area contributed by atoms with Crippen LogP contribution in [-0.4, -0.2) is 29.9 Å². The quantitative estimate of drug-likeness (QED) is 0.633. The summed E-state index contributed by atoms with van der Waals surface area (Å²) in [4.78, 5) is 26.4. The van der Waals surface area contributed by atoms with Crippen molar-refractivity contribution >= 4 is 11.9 Å². The van der Waals surface area contributed by atoms with Crippen LogP contribution >= 0.6 is 0 Å². The highest BCUT2D eigenvalue weighted by Gasteiger charge is 2.29. The van der Waals surface area contributed by atoms with E-state index in [2.05, 4.69) is 0 Å². The van der Waals surface area contributed by atoms with Crippen LogP contribution in [0.3, 0.4) is 0 Å². The lowest BCUT2D eigenvalue weighted by Gasteiger charge is -2.31. The molecule has 0 radical (unpaired) electrons. The van der Waals surface area contributed by atoms with Gasteiger partial charge in [-0.3, -0.25) is 9.59 Å². The molecule has 25 heavy (non-hydrogen) atoms. The normalized spacial score (nSPS) is 15.0. The molecule has 0 unspecified atom stereocenters. The van der Waals surface area contributed by atoms with Gasteiger partial charge >= 0.3 is 5.97 Å². The van der Waals surface area contributed by atoms with Gasteiger partial charge in [-0.25, -0.2) is 4.39 Å². The molecule has 0 bridgehead atoms. The van der Waals surface area contributed by atoms with Crippen molar-refractivity contribution < 1.29 is 18.7 Å². The van der Waals surface area contributed by atoms with E-state index in [0.717, 1.165) is 5.56 Å². The van der Waals surface area contributed by atoms with Crippen LogP contribution in [0.25, 0.3) is 0 Å². The third-order valence-corrected chi connectivity index (χ3v) is 4.45. The lowest BCUT2D eigenvalue weighted by Crippen LogP contribution is -2.41. The minimum atomic E-state index is -0.367. The maximum atomic E-state index is 13.0. The predicted octanol–water partition coefficient (Wildman–Crippen LogP) is 3.59. The van der Waals surface area contributed by atoms with Gasteiger partial charge < -0.3 is 9.64 Å². The molecule has 0 atom stereocenters. The van der Waals surface area contributed by atoms with Gasteiger partial charge in [-0.05, 0) is 56.2 Å². The number of hydrogen-bond donors (Lipinski definition) is 0. The Bertz CT molecular complexity index is 748. The fraction of sp³-hybridized carbons (Fsp3) is 0.300. The van der Waals surface area contributed by atoms with Crippen LogP contribution in [0.2, 0.25) is 0 Å². The summed E-state index contributed by atoms with van der Waals surface area (Å²) >= 11 is 0. The molecule has 1 saturated heterocycles. The average Bonchev–Trinajstić information content (AvgIpc) is 2.64. The third-order valence-electron chi connectivity index (χ3n) is 4.45. The van der Waals surface area contributed by atoms with Gasteiger partial charge in [0.2, 0.25) is 0 Å². The van der Waals surface area contributed by atoms with Crippen LogP contribution in [0.4, 0.5) is 4.39 Å². The SMILES string of the molecule is Cc1ccc(OC(=O)C2CCN(C(=O)c3ccc(F)cc3)CC2)cc1. The van der Waals surface area contributed by atoms with Crippen LogP contribution in [0, 0.1) is 18.7 Å². The van der Waals surface area contributed by atoms with Gasteiger partial charge in [0.05, 0.1) is 5.92 Å². The Morgan fingerprint density at radius 3 is 2.20 bits per heavy atom. The van der Waals surface area contributed by atoms with E-state index in [1.165, 1.54) is 24.3 Å². The number of amides is 1. The summed E-state index contributed by atoms with van der Waals surface area (Å²) in [5.74, 6) is -0.420. The Labute approximate surface area is 146 Å². The van der Waals surface area contributed by atoms with Crippen molar-refractivity contribution in [3.8, 4) is 5.75 Å². The molecule has 1 aliphatic heterocycles. The van der Waals surface area contributed by atoms with E-state index < -0.39 is 0 Å². The Morgan fingerprint density at radius 2 is 1.60 bits per heavy atom. The van der Waals surface area contributed by atoms with Crippen LogP contribution in [-0.2, 0) is 4.79 Å². The Hall–Kier alpha value is -2.69. The molecule has 2 aromatic rings. The number of halogens is 1. The number of benzene rings is 2. The van der Waals surface area contributed by atoms with E-state index in [1.807, 2.05) is 19.1 Å². The zero-order valence-corrected chi connectivity index (χ0v) is 14.1. The highest BCUT2D eigenvalue weighted by Crippen LogP contribution is 2.22. The van der Waals surface area contributed by atoms with Crippen molar-refractivity contribution in [1.29, 1.82) is 0 Å². The summed E-state index contributed by atoms with van der Waals surface area (Å²) in [6.45, 7) is 2.95. The van der Waals surface area contributed by atoms with Gasteiger partial charge in [0.25, 0.3) is 5.91 Å². The number of carbonyl (C=O) groups excluding carboxylic acids is 2. The first-order chi connectivity index (χ1) is 12.0. The summed E-state index contributed by atoms with van der Waals surface area (Å²) in [7, 11) is 0. The molecule has 2 aromatic carbocycles. The summed E-state index contributed by atoms with van der Waals surface area (Å²) in [6.07, 6.45) is 1.13. The zero-order chi connectivity index (χ0) is 17.8. The maximum Gasteiger partial charge on any atom is 0.314 e. The lowest BCUT2D eigenvalue weighted by atomic mass is 9.96. The molecule has 3 rings (SSSR count).